The smallest absolute Gasteiger partial charge is 0.0945 e. The third-order valence-electron chi connectivity index (χ3n) is 4.27. The Morgan fingerprint density at radius 3 is 1.41 bits per heavy atom. The number of hydrogen-bond donors (Lipinski definition) is 1. The first kappa shape index (κ1) is 14.6. The van der Waals surface area contributed by atoms with E-state index in [4.69, 9.17) is 0 Å². The maximum Gasteiger partial charge on any atom is 0.0945 e. The summed E-state index contributed by atoms with van der Waals surface area (Å²) in [5.74, 6) is 0. The average molecular weight is 287 g/mol. The van der Waals surface area contributed by atoms with Crippen molar-refractivity contribution in [2.45, 2.75) is 12.5 Å². The van der Waals surface area contributed by atoms with E-state index < -0.39 is 0 Å². The maximum atomic E-state index is 3.58. The molecule has 0 saturated heterocycles. The fourth-order valence-electron chi connectivity index (χ4n) is 3.11. The SMILES string of the molecule is CNC(c1ccccc1)(c1ccccc1)c1ccc(C)cc1. The third-order valence-corrected chi connectivity index (χ3v) is 4.27. The topological polar surface area (TPSA) is 12.0 Å². The van der Waals surface area contributed by atoms with Crippen LogP contribution in [0.3, 0.4) is 0 Å². The zero-order valence-electron chi connectivity index (χ0n) is 13.1. The van der Waals surface area contributed by atoms with E-state index >= 15 is 0 Å². The van der Waals surface area contributed by atoms with Gasteiger partial charge in [0.25, 0.3) is 0 Å². The molecule has 0 atom stereocenters. The normalized spacial score (nSPS) is 11.4. The van der Waals surface area contributed by atoms with E-state index in [1.807, 2.05) is 7.05 Å². The van der Waals surface area contributed by atoms with Crippen LogP contribution in [0.2, 0.25) is 0 Å². The Labute approximate surface area is 132 Å². The van der Waals surface area contributed by atoms with Gasteiger partial charge < -0.3 is 5.32 Å². The van der Waals surface area contributed by atoms with E-state index in [0.29, 0.717) is 0 Å². The summed E-state index contributed by atoms with van der Waals surface area (Å²) in [5, 5.41) is 3.58. The largest absolute Gasteiger partial charge is 0.303 e. The summed E-state index contributed by atoms with van der Waals surface area (Å²) in [4.78, 5) is 0. The molecule has 1 nitrogen and oxygen atoms in total. The predicted molar refractivity (Wildman–Crippen MR) is 93.0 cm³/mol. The average Bonchev–Trinajstić information content (AvgIpc) is 2.59. The molecule has 0 aliphatic heterocycles. The molecular weight excluding hydrogens is 266 g/mol. The lowest BCUT2D eigenvalue weighted by atomic mass is 9.77. The number of nitrogens with one attached hydrogen (secondary N) is 1. The highest BCUT2D eigenvalue weighted by Gasteiger charge is 2.34. The second-order valence-electron chi connectivity index (χ2n) is 5.60. The van der Waals surface area contributed by atoms with Crippen molar-refractivity contribution in [2.75, 3.05) is 7.05 Å². The van der Waals surface area contributed by atoms with E-state index in [1.54, 1.807) is 0 Å². The Morgan fingerprint density at radius 1 is 0.591 bits per heavy atom. The van der Waals surface area contributed by atoms with Crippen LogP contribution >= 0.6 is 0 Å². The van der Waals surface area contributed by atoms with Crippen LogP contribution in [0.1, 0.15) is 22.3 Å². The van der Waals surface area contributed by atoms with E-state index in [2.05, 4.69) is 97.2 Å². The van der Waals surface area contributed by atoms with Gasteiger partial charge in [-0.25, -0.2) is 0 Å². The molecule has 22 heavy (non-hydrogen) atoms. The molecule has 0 fully saturated rings. The fourth-order valence-corrected chi connectivity index (χ4v) is 3.11. The first-order chi connectivity index (χ1) is 10.8. The fraction of sp³-hybridized carbons (Fsp3) is 0.143. The van der Waals surface area contributed by atoms with Gasteiger partial charge in [-0.15, -0.1) is 0 Å². The summed E-state index contributed by atoms with van der Waals surface area (Å²) < 4.78 is 0. The lowest BCUT2D eigenvalue weighted by Gasteiger charge is -2.35. The van der Waals surface area contributed by atoms with Gasteiger partial charge in [0, 0.05) is 0 Å². The molecule has 0 aromatic heterocycles. The van der Waals surface area contributed by atoms with Crippen molar-refractivity contribution in [1.82, 2.24) is 5.32 Å². The van der Waals surface area contributed by atoms with Crippen LogP contribution in [0, 0.1) is 6.92 Å². The molecule has 110 valence electrons. The van der Waals surface area contributed by atoms with E-state index in [1.165, 1.54) is 22.3 Å². The maximum absolute atomic E-state index is 3.58. The van der Waals surface area contributed by atoms with Crippen LogP contribution in [0.5, 0.6) is 0 Å². The van der Waals surface area contributed by atoms with Gasteiger partial charge in [-0.3, -0.25) is 0 Å². The lowest BCUT2D eigenvalue weighted by Crippen LogP contribution is -2.42. The van der Waals surface area contributed by atoms with Crippen LogP contribution in [0.25, 0.3) is 0 Å². The van der Waals surface area contributed by atoms with Crippen molar-refractivity contribution in [3.8, 4) is 0 Å². The quantitative estimate of drug-likeness (QED) is 0.696. The van der Waals surface area contributed by atoms with Crippen LogP contribution in [0.15, 0.2) is 84.9 Å². The molecule has 0 radical (unpaired) electrons. The monoisotopic (exact) mass is 287 g/mol. The minimum absolute atomic E-state index is 0.337. The summed E-state index contributed by atoms with van der Waals surface area (Å²) >= 11 is 0. The predicted octanol–water partition coefficient (Wildman–Crippen LogP) is 4.51. The minimum Gasteiger partial charge on any atom is -0.303 e. The molecule has 0 saturated carbocycles. The summed E-state index contributed by atoms with van der Waals surface area (Å²) in [7, 11) is 2.03. The molecule has 0 aliphatic rings. The van der Waals surface area contributed by atoms with Gasteiger partial charge in [0.2, 0.25) is 0 Å². The zero-order valence-corrected chi connectivity index (χ0v) is 13.1. The van der Waals surface area contributed by atoms with Gasteiger partial charge in [-0.05, 0) is 30.7 Å². The Bertz CT molecular complexity index is 675. The van der Waals surface area contributed by atoms with Crippen molar-refractivity contribution in [2.24, 2.45) is 0 Å². The standard InChI is InChI=1S/C21H21N/c1-17-13-15-20(16-14-17)21(22-2,18-9-5-3-6-10-18)19-11-7-4-8-12-19/h3-16,22H,1-2H3. The first-order valence-corrected chi connectivity index (χ1v) is 7.64. The van der Waals surface area contributed by atoms with Crippen molar-refractivity contribution in [1.29, 1.82) is 0 Å². The molecule has 1 heteroatoms. The molecule has 3 aromatic carbocycles. The van der Waals surface area contributed by atoms with Gasteiger partial charge in [0.1, 0.15) is 0 Å². The highest BCUT2D eigenvalue weighted by molar-refractivity contribution is 5.49. The Balaban J connectivity index is 2.28. The van der Waals surface area contributed by atoms with Crippen LogP contribution in [-0.4, -0.2) is 7.05 Å². The molecule has 3 aromatic rings. The van der Waals surface area contributed by atoms with Crippen LogP contribution in [-0.2, 0) is 5.54 Å². The van der Waals surface area contributed by atoms with E-state index in [0.717, 1.165) is 0 Å². The summed E-state index contributed by atoms with van der Waals surface area (Å²) in [6, 6.07) is 30.0. The van der Waals surface area contributed by atoms with E-state index in [-0.39, 0.29) is 5.54 Å². The molecular formula is C21H21N. The second kappa shape index (κ2) is 6.17. The molecule has 0 heterocycles. The summed E-state index contributed by atoms with van der Waals surface area (Å²) in [5.41, 5.74) is 4.67. The van der Waals surface area contributed by atoms with Crippen molar-refractivity contribution in [3.05, 3.63) is 107 Å². The van der Waals surface area contributed by atoms with Gasteiger partial charge in [-0.2, -0.15) is 0 Å². The van der Waals surface area contributed by atoms with Gasteiger partial charge in [-0.1, -0.05) is 90.5 Å². The molecule has 0 amide bonds. The molecule has 0 aliphatic carbocycles. The summed E-state index contributed by atoms with van der Waals surface area (Å²) in [6.45, 7) is 2.12. The Kier molecular flexibility index (Phi) is 4.08. The number of benzene rings is 3. The highest BCUT2D eigenvalue weighted by atomic mass is 14.9. The van der Waals surface area contributed by atoms with Gasteiger partial charge >= 0.3 is 0 Å². The first-order valence-electron chi connectivity index (χ1n) is 7.64. The van der Waals surface area contributed by atoms with Crippen LogP contribution < -0.4 is 5.32 Å². The van der Waals surface area contributed by atoms with Crippen LogP contribution in [0.4, 0.5) is 0 Å². The highest BCUT2D eigenvalue weighted by Crippen LogP contribution is 2.36. The van der Waals surface area contributed by atoms with E-state index in [9.17, 15) is 0 Å². The van der Waals surface area contributed by atoms with Crippen molar-refractivity contribution >= 4 is 0 Å². The van der Waals surface area contributed by atoms with Crippen molar-refractivity contribution < 1.29 is 0 Å². The van der Waals surface area contributed by atoms with Gasteiger partial charge in [0.15, 0.2) is 0 Å². The Morgan fingerprint density at radius 2 is 1.00 bits per heavy atom. The molecule has 3 rings (SSSR count). The zero-order chi connectivity index (χ0) is 15.4. The van der Waals surface area contributed by atoms with Crippen molar-refractivity contribution in [3.63, 3.8) is 0 Å². The molecule has 0 unspecified atom stereocenters. The summed E-state index contributed by atoms with van der Waals surface area (Å²) in [6.07, 6.45) is 0. The molecule has 0 spiro atoms. The minimum atomic E-state index is -0.337. The molecule has 1 N–H and O–H groups in total. The van der Waals surface area contributed by atoms with Gasteiger partial charge in [0.05, 0.1) is 5.54 Å². The second-order valence-corrected chi connectivity index (χ2v) is 5.60. The lowest BCUT2D eigenvalue weighted by molar-refractivity contribution is 0.525. The molecule has 0 bridgehead atoms. The number of rotatable bonds is 4. The number of aryl methyl sites for hydroxylation is 1. The number of hydrogen-bond acceptors (Lipinski definition) is 1. The Hall–Kier alpha value is -2.38. The third kappa shape index (κ3) is 2.44.